The first kappa shape index (κ1) is 9.17. The van der Waals surface area contributed by atoms with Crippen LogP contribution in [-0.2, 0) is 0 Å². The number of hydrogen-bond donors (Lipinski definition) is 1. The molecule has 0 bridgehead atoms. The van der Waals surface area contributed by atoms with Gasteiger partial charge >= 0.3 is 0 Å². The summed E-state index contributed by atoms with van der Waals surface area (Å²) in [7, 11) is 0. The fraction of sp³-hybridized carbons (Fsp3) is 0. The number of rotatable bonds is 2. The molecule has 4 nitrogen and oxygen atoms in total. The summed E-state index contributed by atoms with van der Waals surface area (Å²) in [5, 5.41) is 7.16. The zero-order chi connectivity index (χ0) is 9.80. The van der Waals surface area contributed by atoms with E-state index in [2.05, 4.69) is 20.2 Å². The van der Waals surface area contributed by atoms with Crippen LogP contribution in [0.4, 0.5) is 5.13 Å². The summed E-state index contributed by atoms with van der Waals surface area (Å²) in [6, 6.07) is 5.63. The SMILES string of the molecule is S=c1[nH]nc(/N=C/c2ccccn2)s1. The number of aromatic amines is 1. The van der Waals surface area contributed by atoms with E-state index in [4.69, 9.17) is 12.2 Å². The van der Waals surface area contributed by atoms with Gasteiger partial charge in [0.15, 0.2) is 3.95 Å². The number of nitrogens with one attached hydrogen (secondary N) is 1. The summed E-state index contributed by atoms with van der Waals surface area (Å²) in [4.78, 5) is 8.21. The van der Waals surface area contributed by atoms with Gasteiger partial charge in [-0.15, -0.1) is 5.10 Å². The van der Waals surface area contributed by atoms with E-state index in [0.717, 1.165) is 5.69 Å². The number of H-pyrrole nitrogens is 1. The topological polar surface area (TPSA) is 53.9 Å². The zero-order valence-electron chi connectivity index (χ0n) is 7.04. The third-order valence-corrected chi connectivity index (χ3v) is 2.42. The average Bonchev–Trinajstić information content (AvgIpc) is 2.63. The van der Waals surface area contributed by atoms with Crippen LogP contribution in [0.2, 0.25) is 0 Å². The molecule has 0 aromatic carbocycles. The molecular weight excluding hydrogens is 216 g/mol. The second-order valence-electron chi connectivity index (χ2n) is 2.41. The monoisotopic (exact) mass is 222 g/mol. The lowest BCUT2D eigenvalue weighted by Gasteiger charge is -1.87. The predicted molar refractivity (Wildman–Crippen MR) is 58.8 cm³/mol. The summed E-state index contributed by atoms with van der Waals surface area (Å²) in [5.74, 6) is 0. The van der Waals surface area contributed by atoms with Gasteiger partial charge in [-0.25, -0.2) is 4.99 Å². The van der Waals surface area contributed by atoms with E-state index in [9.17, 15) is 0 Å². The normalized spacial score (nSPS) is 10.9. The molecule has 0 aliphatic heterocycles. The Labute approximate surface area is 89.4 Å². The highest BCUT2D eigenvalue weighted by Gasteiger charge is 1.92. The molecule has 0 amide bonds. The highest BCUT2D eigenvalue weighted by Crippen LogP contribution is 2.14. The van der Waals surface area contributed by atoms with Crippen LogP contribution in [-0.4, -0.2) is 21.4 Å². The van der Waals surface area contributed by atoms with Crippen LogP contribution in [0.3, 0.4) is 0 Å². The molecule has 2 rings (SSSR count). The zero-order valence-corrected chi connectivity index (χ0v) is 8.68. The van der Waals surface area contributed by atoms with Gasteiger partial charge in [-0.05, 0) is 24.4 Å². The highest BCUT2D eigenvalue weighted by molar-refractivity contribution is 7.73. The van der Waals surface area contributed by atoms with E-state index < -0.39 is 0 Å². The third kappa shape index (κ3) is 2.30. The van der Waals surface area contributed by atoms with Crippen molar-refractivity contribution in [1.29, 1.82) is 0 Å². The maximum absolute atomic E-state index is 4.87. The Balaban J connectivity index is 2.19. The van der Waals surface area contributed by atoms with Gasteiger partial charge in [0.05, 0.1) is 11.9 Å². The van der Waals surface area contributed by atoms with Gasteiger partial charge in [0, 0.05) is 6.20 Å². The van der Waals surface area contributed by atoms with E-state index in [1.165, 1.54) is 11.3 Å². The molecule has 0 fully saturated rings. The molecule has 0 saturated heterocycles. The highest BCUT2D eigenvalue weighted by atomic mass is 32.1. The van der Waals surface area contributed by atoms with Crippen molar-refractivity contribution in [2.75, 3.05) is 0 Å². The van der Waals surface area contributed by atoms with Crippen molar-refractivity contribution in [3.8, 4) is 0 Å². The summed E-state index contributed by atoms with van der Waals surface area (Å²) < 4.78 is 0.623. The molecule has 70 valence electrons. The van der Waals surface area contributed by atoms with Crippen LogP contribution in [0.25, 0.3) is 0 Å². The number of nitrogens with zero attached hydrogens (tertiary/aromatic N) is 3. The molecular formula is C8H6N4S2. The Morgan fingerprint density at radius 1 is 1.50 bits per heavy atom. The summed E-state index contributed by atoms with van der Waals surface area (Å²) in [6.45, 7) is 0. The van der Waals surface area contributed by atoms with Crippen LogP contribution in [0.15, 0.2) is 29.4 Å². The van der Waals surface area contributed by atoms with Gasteiger partial charge in [-0.2, -0.15) is 0 Å². The second-order valence-corrected chi connectivity index (χ2v) is 4.05. The molecule has 1 N–H and O–H groups in total. The van der Waals surface area contributed by atoms with E-state index in [0.29, 0.717) is 9.09 Å². The van der Waals surface area contributed by atoms with Gasteiger partial charge in [0.25, 0.3) is 0 Å². The van der Waals surface area contributed by atoms with Crippen molar-refractivity contribution >= 4 is 34.9 Å². The number of hydrogen-bond acceptors (Lipinski definition) is 5. The molecule has 0 unspecified atom stereocenters. The van der Waals surface area contributed by atoms with Crippen molar-refractivity contribution in [2.45, 2.75) is 0 Å². The van der Waals surface area contributed by atoms with Crippen LogP contribution in [0.1, 0.15) is 5.69 Å². The fourth-order valence-electron chi connectivity index (χ4n) is 0.851. The van der Waals surface area contributed by atoms with Gasteiger partial charge in [0.2, 0.25) is 5.13 Å². The summed E-state index contributed by atoms with van der Waals surface area (Å²) >= 11 is 6.20. The van der Waals surface area contributed by atoms with Gasteiger partial charge in [-0.3, -0.25) is 10.1 Å². The third-order valence-electron chi connectivity index (χ3n) is 1.42. The van der Waals surface area contributed by atoms with Crippen molar-refractivity contribution in [1.82, 2.24) is 15.2 Å². The molecule has 0 saturated carbocycles. The lowest BCUT2D eigenvalue weighted by atomic mass is 10.4. The molecule has 0 radical (unpaired) electrons. The van der Waals surface area contributed by atoms with Crippen molar-refractivity contribution < 1.29 is 0 Å². The van der Waals surface area contributed by atoms with Crippen LogP contribution >= 0.6 is 23.6 Å². The Bertz CT molecular complexity index is 485. The molecule has 0 aliphatic carbocycles. The lowest BCUT2D eigenvalue weighted by molar-refractivity contribution is 1.07. The minimum absolute atomic E-state index is 0.612. The minimum Gasteiger partial charge on any atom is -0.256 e. The van der Waals surface area contributed by atoms with Crippen LogP contribution in [0, 0.1) is 3.95 Å². The van der Waals surface area contributed by atoms with Gasteiger partial charge < -0.3 is 0 Å². The predicted octanol–water partition coefficient (Wildman–Crippen LogP) is 2.35. The molecule has 2 aromatic heterocycles. The van der Waals surface area contributed by atoms with Gasteiger partial charge in [0.1, 0.15) is 0 Å². The number of pyridine rings is 1. The fourth-order valence-corrected chi connectivity index (χ4v) is 1.57. The van der Waals surface area contributed by atoms with Crippen molar-refractivity contribution in [2.24, 2.45) is 4.99 Å². The second kappa shape index (κ2) is 4.21. The van der Waals surface area contributed by atoms with E-state index in [1.54, 1.807) is 12.4 Å². The Hall–Kier alpha value is -1.40. The quantitative estimate of drug-likeness (QED) is 0.627. The molecule has 2 aromatic rings. The van der Waals surface area contributed by atoms with Gasteiger partial charge in [-0.1, -0.05) is 17.4 Å². The Morgan fingerprint density at radius 2 is 2.43 bits per heavy atom. The standard InChI is InChI=1S/C8H6N4S2/c13-8-12-11-7(14-8)10-5-6-3-1-2-4-9-6/h1-5H,(H,12,13)/b10-5+. The maximum Gasteiger partial charge on any atom is 0.230 e. The molecule has 0 atom stereocenters. The number of aromatic nitrogens is 3. The smallest absolute Gasteiger partial charge is 0.230 e. The average molecular weight is 222 g/mol. The van der Waals surface area contributed by atoms with Crippen LogP contribution < -0.4 is 0 Å². The molecule has 0 spiro atoms. The van der Waals surface area contributed by atoms with Crippen molar-refractivity contribution in [3.05, 3.63) is 34.0 Å². The largest absolute Gasteiger partial charge is 0.256 e. The first-order valence-electron chi connectivity index (χ1n) is 3.85. The molecule has 0 aliphatic rings. The lowest BCUT2D eigenvalue weighted by Crippen LogP contribution is -1.83. The first-order chi connectivity index (χ1) is 6.84. The Kier molecular flexibility index (Phi) is 2.76. The minimum atomic E-state index is 0.612. The Morgan fingerprint density at radius 3 is 3.07 bits per heavy atom. The molecule has 6 heteroatoms. The maximum atomic E-state index is 4.87. The summed E-state index contributed by atoms with van der Waals surface area (Å²) in [6.07, 6.45) is 3.37. The van der Waals surface area contributed by atoms with E-state index in [1.807, 2.05) is 18.2 Å². The van der Waals surface area contributed by atoms with Crippen LogP contribution in [0.5, 0.6) is 0 Å². The van der Waals surface area contributed by atoms with E-state index >= 15 is 0 Å². The number of aliphatic imine (C=N–C) groups is 1. The van der Waals surface area contributed by atoms with Crippen molar-refractivity contribution in [3.63, 3.8) is 0 Å². The first-order valence-corrected chi connectivity index (χ1v) is 5.08. The molecule has 14 heavy (non-hydrogen) atoms. The molecule has 2 heterocycles. The summed E-state index contributed by atoms with van der Waals surface area (Å²) in [5.41, 5.74) is 0.800. The van der Waals surface area contributed by atoms with E-state index in [-0.39, 0.29) is 0 Å².